The van der Waals surface area contributed by atoms with Crippen LogP contribution in [0.3, 0.4) is 0 Å². The molecule has 0 saturated carbocycles. The standard InChI is InChI=1S/C11H14FNO2.ClH/c12-7-10(13)9(6-11(14)15)8-4-2-1-3-5-8;/h1-5,9-10H,6-7,13H2,(H,14,15);1H/t9-,10+;/m0./s1. The molecule has 0 aromatic heterocycles. The van der Waals surface area contributed by atoms with Crippen LogP contribution < -0.4 is 5.73 Å². The fraction of sp³-hybridized carbons (Fsp3) is 0.364. The molecular formula is C11H15ClFNO2. The van der Waals surface area contributed by atoms with E-state index in [0.29, 0.717) is 0 Å². The predicted molar refractivity (Wildman–Crippen MR) is 62.6 cm³/mol. The number of hydrogen-bond acceptors (Lipinski definition) is 2. The molecule has 0 fully saturated rings. The van der Waals surface area contributed by atoms with Gasteiger partial charge in [-0.3, -0.25) is 4.79 Å². The van der Waals surface area contributed by atoms with Crippen molar-refractivity contribution < 1.29 is 14.3 Å². The Labute approximate surface area is 99.9 Å². The van der Waals surface area contributed by atoms with Crippen molar-refractivity contribution in [3.63, 3.8) is 0 Å². The summed E-state index contributed by atoms with van der Waals surface area (Å²) in [5, 5.41) is 8.71. The van der Waals surface area contributed by atoms with Gasteiger partial charge in [0.05, 0.1) is 6.42 Å². The summed E-state index contributed by atoms with van der Waals surface area (Å²) < 4.78 is 12.5. The van der Waals surface area contributed by atoms with E-state index in [2.05, 4.69) is 0 Å². The van der Waals surface area contributed by atoms with E-state index in [1.54, 1.807) is 24.3 Å². The van der Waals surface area contributed by atoms with Crippen molar-refractivity contribution in [2.45, 2.75) is 18.4 Å². The lowest BCUT2D eigenvalue weighted by Crippen LogP contribution is -2.32. The third kappa shape index (κ3) is 4.16. The molecule has 0 spiro atoms. The van der Waals surface area contributed by atoms with E-state index in [4.69, 9.17) is 10.8 Å². The minimum Gasteiger partial charge on any atom is -0.481 e. The van der Waals surface area contributed by atoms with Crippen molar-refractivity contribution in [3.8, 4) is 0 Å². The quantitative estimate of drug-likeness (QED) is 0.836. The Morgan fingerprint density at radius 2 is 1.94 bits per heavy atom. The second-order valence-electron chi connectivity index (χ2n) is 3.43. The number of aliphatic carboxylic acids is 1. The maximum absolute atomic E-state index is 12.5. The number of benzene rings is 1. The molecule has 1 aromatic rings. The Kier molecular flexibility index (Phi) is 6.69. The Morgan fingerprint density at radius 3 is 2.38 bits per heavy atom. The van der Waals surface area contributed by atoms with Crippen LogP contribution in [0.2, 0.25) is 0 Å². The fourth-order valence-electron chi connectivity index (χ4n) is 1.51. The molecule has 16 heavy (non-hydrogen) atoms. The molecule has 2 atom stereocenters. The van der Waals surface area contributed by atoms with Crippen molar-refractivity contribution in [1.82, 2.24) is 0 Å². The van der Waals surface area contributed by atoms with Crippen LogP contribution in [0.5, 0.6) is 0 Å². The molecule has 0 unspecified atom stereocenters. The maximum Gasteiger partial charge on any atom is 0.304 e. The van der Waals surface area contributed by atoms with Crippen LogP contribution in [0, 0.1) is 0 Å². The monoisotopic (exact) mass is 247 g/mol. The van der Waals surface area contributed by atoms with Gasteiger partial charge in [-0.2, -0.15) is 0 Å². The van der Waals surface area contributed by atoms with E-state index in [-0.39, 0.29) is 18.8 Å². The fourth-order valence-corrected chi connectivity index (χ4v) is 1.51. The maximum atomic E-state index is 12.5. The number of alkyl halides is 1. The number of rotatable bonds is 5. The van der Waals surface area contributed by atoms with Crippen LogP contribution in [0.4, 0.5) is 4.39 Å². The highest BCUT2D eigenvalue weighted by atomic mass is 35.5. The zero-order chi connectivity index (χ0) is 11.3. The molecule has 0 saturated heterocycles. The lowest BCUT2D eigenvalue weighted by molar-refractivity contribution is -0.137. The van der Waals surface area contributed by atoms with Crippen LogP contribution in [-0.4, -0.2) is 23.8 Å². The molecule has 1 aromatic carbocycles. The van der Waals surface area contributed by atoms with E-state index in [0.717, 1.165) is 5.56 Å². The molecule has 1 rings (SSSR count). The summed E-state index contributed by atoms with van der Waals surface area (Å²) in [5.74, 6) is -1.43. The Hall–Kier alpha value is -1.13. The van der Waals surface area contributed by atoms with Gasteiger partial charge in [0.25, 0.3) is 0 Å². The summed E-state index contributed by atoms with van der Waals surface area (Å²) in [4.78, 5) is 10.6. The highest BCUT2D eigenvalue weighted by molar-refractivity contribution is 5.85. The van der Waals surface area contributed by atoms with E-state index >= 15 is 0 Å². The first kappa shape index (κ1) is 14.9. The molecule has 0 aliphatic carbocycles. The van der Waals surface area contributed by atoms with Crippen molar-refractivity contribution in [3.05, 3.63) is 35.9 Å². The lowest BCUT2D eigenvalue weighted by atomic mass is 9.90. The van der Waals surface area contributed by atoms with Gasteiger partial charge in [-0.1, -0.05) is 30.3 Å². The first-order valence-electron chi connectivity index (χ1n) is 4.73. The topological polar surface area (TPSA) is 63.3 Å². The first-order chi connectivity index (χ1) is 7.15. The highest BCUT2D eigenvalue weighted by Crippen LogP contribution is 2.22. The second-order valence-corrected chi connectivity index (χ2v) is 3.43. The number of halogens is 2. The normalized spacial score (nSPS) is 13.6. The van der Waals surface area contributed by atoms with Gasteiger partial charge in [-0.25, -0.2) is 4.39 Å². The van der Waals surface area contributed by atoms with Crippen LogP contribution in [-0.2, 0) is 4.79 Å². The van der Waals surface area contributed by atoms with Crippen LogP contribution in [0.15, 0.2) is 30.3 Å². The largest absolute Gasteiger partial charge is 0.481 e. The average molecular weight is 248 g/mol. The number of hydrogen-bond donors (Lipinski definition) is 2. The summed E-state index contributed by atoms with van der Waals surface area (Å²) in [6, 6.07) is 8.17. The SMILES string of the molecule is Cl.N[C@H](CF)[C@@H](CC(=O)O)c1ccccc1. The molecule has 5 heteroatoms. The molecule has 3 N–H and O–H groups in total. The molecule has 0 radical (unpaired) electrons. The van der Waals surface area contributed by atoms with Gasteiger partial charge >= 0.3 is 5.97 Å². The van der Waals surface area contributed by atoms with Crippen molar-refractivity contribution in [2.75, 3.05) is 6.67 Å². The Morgan fingerprint density at radius 1 is 1.38 bits per heavy atom. The highest BCUT2D eigenvalue weighted by Gasteiger charge is 2.22. The van der Waals surface area contributed by atoms with Gasteiger partial charge < -0.3 is 10.8 Å². The minimum atomic E-state index is -0.965. The number of carboxylic acid groups (broad SMARTS) is 1. The lowest BCUT2D eigenvalue weighted by Gasteiger charge is -2.20. The van der Waals surface area contributed by atoms with E-state index < -0.39 is 24.6 Å². The third-order valence-corrected chi connectivity index (χ3v) is 2.32. The van der Waals surface area contributed by atoms with Crippen molar-refractivity contribution >= 4 is 18.4 Å². The zero-order valence-electron chi connectivity index (χ0n) is 8.67. The van der Waals surface area contributed by atoms with Crippen LogP contribution in [0.25, 0.3) is 0 Å². The Balaban J connectivity index is 0.00000225. The van der Waals surface area contributed by atoms with E-state index in [9.17, 15) is 9.18 Å². The first-order valence-corrected chi connectivity index (χ1v) is 4.73. The third-order valence-electron chi connectivity index (χ3n) is 2.32. The van der Waals surface area contributed by atoms with Crippen LogP contribution >= 0.6 is 12.4 Å². The summed E-state index contributed by atoms with van der Waals surface area (Å²) in [6.45, 7) is -0.715. The summed E-state index contributed by atoms with van der Waals surface area (Å²) in [6.07, 6.45) is -0.144. The van der Waals surface area contributed by atoms with Crippen molar-refractivity contribution in [2.24, 2.45) is 5.73 Å². The molecule has 3 nitrogen and oxygen atoms in total. The van der Waals surface area contributed by atoms with Gasteiger partial charge in [0, 0.05) is 12.0 Å². The molecule has 0 aliphatic rings. The van der Waals surface area contributed by atoms with Gasteiger partial charge in [0.15, 0.2) is 0 Å². The van der Waals surface area contributed by atoms with Gasteiger partial charge in [-0.05, 0) is 5.56 Å². The van der Waals surface area contributed by atoms with Gasteiger partial charge in [0.1, 0.15) is 6.67 Å². The summed E-state index contributed by atoms with van der Waals surface area (Å²) in [7, 11) is 0. The molecule has 0 bridgehead atoms. The Bertz CT molecular complexity index is 321. The van der Waals surface area contributed by atoms with Gasteiger partial charge in [-0.15, -0.1) is 12.4 Å². The molecule has 0 aliphatic heterocycles. The molecule has 0 heterocycles. The average Bonchev–Trinajstić information content (AvgIpc) is 2.26. The van der Waals surface area contributed by atoms with E-state index in [1.165, 1.54) is 0 Å². The predicted octanol–water partition coefficient (Wildman–Crippen LogP) is 1.96. The summed E-state index contributed by atoms with van der Waals surface area (Å²) in [5.41, 5.74) is 6.33. The minimum absolute atomic E-state index is 0. The van der Waals surface area contributed by atoms with Gasteiger partial charge in [0.2, 0.25) is 0 Å². The molecule has 0 amide bonds. The summed E-state index contributed by atoms with van der Waals surface area (Å²) >= 11 is 0. The van der Waals surface area contributed by atoms with Crippen LogP contribution in [0.1, 0.15) is 17.9 Å². The van der Waals surface area contributed by atoms with Crippen molar-refractivity contribution in [1.29, 1.82) is 0 Å². The van der Waals surface area contributed by atoms with E-state index in [1.807, 2.05) is 6.07 Å². The smallest absolute Gasteiger partial charge is 0.304 e. The number of carboxylic acids is 1. The second kappa shape index (κ2) is 7.19. The zero-order valence-corrected chi connectivity index (χ0v) is 9.49. The molecule has 90 valence electrons. The number of carbonyl (C=O) groups is 1. The molecular weight excluding hydrogens is 233 g/mol. The number of nitrogens with two attached hydrogens (primary N) is 1.